The molecule has 16 heavy (non-hydrogen) atoms. The molecule has 0 aromatic rings. The molecule has 0 aliphatic carbocycles. The number of carboxylic acid groups (broad SMARTS) is 1. The number of carbonyl (C=O) groups is 3. The average Bonchev–Trinajstić information content (AvgIpc) is 2.15. The molecule has 0 spiro atoms. The Kier molecular flexibility index (Phi) is 6.91. The topological polar surface area (TPSA) is 95.5 Å². The van der Waals surface area contributed by atoms with E-state index in [2.05, 4.69) is 10.6 Å². The van der Waals surface area contributed by atoms with E-state index in [0.717, 1.165) is 0 Å². The van der Waals surface area contributed by atoms with Crippen molar-refractivity contribution in [2.45, 2.75) is 26.2 Å². The number of hydrogen-bond donors (Lipinski definition) is 3. The highest BCUT2D eigenvalue weighted by molar-refractivity contribution is 5.79. The van der Waals surface area contributed by atoms with Gasteiger partial charge >= 0.3 is 5.97 Å². The number of nitrogens with one attached hydrogen (secondary N) is 2. The van der Waals surface area contributed by atoms with Crippen LogP contribution >= 0.6 is 0 Å². The van der Waals surface area contributed by atoms with Crippen LogP contribution in [-0.4, -0.2) is 36.5 Å². The molecular weight excluding hydrogens is 212 g/mol. The number of carboxylic acids is 1. The lowest BCUT2D eigenvalue weighted by Gasteiger charge is -2.08. The van der Waals surface area contributed by atoms with Crippen LogP contribution in [0.5, 0.6) is 0 Å². The Bertz CT molecular complexity index is 266. The van der Waals surface area contributed by atoms with Crippen LogP contribution in [0.25, 0.3) is 0 Å². The molecule has 0 radical (unpaired) electrons. The van der Waals surface area contributed by atoms with Crippen molar-refractivity contribution in [1.82, 2.24) is 10.6 Å². The van der Waals surface area contributed by atoms with Crippen molar-refractivity contribution in [3.8, 4) is 0 Å². The molecule has 0 aromatic carbocycles. The lowest BCUT2D eigenvalue weighted by atomic mass is 10.0. The van der Waals surface area contributed by atoms with Gasteiger partial charge in [0.05, 0.1) is 0 Å². The fourth-order valence-electron chi connectivity index (χ4n) is 1.20. The summed E-state index contributed by atoms with van der Waals surface area (Å²) < 4.78 is 0. The van der Waals surface area contributed by atoms with Crippen molar-refractivity contribution in [3.05, 3.63) is 0 Å². The van der Waals surface area contributed by atoms with Crippen LogP contribution < -0.4 is 10.6 Å². The highest BCUT2D eigenvalue weighted by atomic mass is 16.4. The zero-order chi connectivity index (χ0) is 12.6. The molecule has 0 rings (SSSR count). The molecule has 0 aromatic heterocycles. The Morgan fingerprint density at radius 1 is 1.19 bits per heavy atom. The van der Waals surface area contributed by atoms with E-state index < -0.39 is 5.97 Å². The normalized spacial score (nSPS) is 11.6. The second kappa shape index (κ2) is 7.67. The Hall–Kier alpha value is -1.59. The summed E-state index contributed by atoms with van der Waals surface area (Å²) in [5.41, 5.74) is 0. The third-order valence-electron chi connectivity index (χ3n) is 2.01. The van der Waals surface area contributed by atoms with E-state index in [1.165, 1.54) is 7.05 Å². The van der Waals surface area contributed by atoms with Crippen LogP contribution in [-0.2, 0) is 14.4 Å². The second-order valence-corrected chi connectivity index (χ2v) is 3.68. The van der Waals surface area contributed by atoms with Crippen molar-refractivity contribution in [2.24, 2.45) is 5.92 Å². The van der Waals surface area contributed by atoms with Gasteiger partial charge in [-0.3, -0.25) is 14.4 Å². The highest BCUT2D eigenvalue weighted by Gasteiger charge is 2.12. The molecule has 0 fully saturated rings. The highest BCUT2D eigenvalue weighted by Crippen LogP contribution is 2.06. The van der Waals surface area contributed by atoms with Crippen molar-refractivity contribution in [3.63, 3.8) is 0 Å². The van der Waals surface area contributed by atoms with E-state index in [1.807, 2.05) is 0 Å². The zero-order valence-electron chi connectivity index (χ0n) is 9.58. The largest absolute Gasteiger partial charge is 0.481 e. The maximum Gasteiger partial charge on any atom is 0.303 e. The van der Waals surface area contributed by atoms with E-state index in [1.54, 1.807) is 6.92 Å². The van der Waals surface area contributed by atoms with E-state index in [0.29, 0.717) is 0 Å². The van der Waals surface area contributed by atoms with Gasteiger partial charge in [0.15, 0.2) is 0 Å². The zero-order valence-corrected chi connectivity index (χ0v) is 9.58. The van der Waals surface area contributed by atoms with E-state index in [-0.39, 0.29) is 43.5 Å². The molecule has 6 heteroatoms. The SMILES string of the molecule is CNC(=O)CCNC(=O)CC(C)CC(=O)O. The van der Waals surface area contributed by atoms with E-state index in [9.17, 15) is 14.4 Å². The maximum absolute atomic E-state index is 11.3. The number of amides is 2. The minimum absolute atomic E-state index is 0.0249. The monoisotopic (exact) mass is 230 g/mol. The Labute approximate surface area is 94.4 Å². The van der Waals surface area contributed by atoms with Crippen LogP contribution in [0.2, 0.25) is 0 Å². The number of rotatable bonds is 7. The van der Waals surface area contributed by atoms with Gasteiger partial charge < -0.3 is 15.7 Å². The van der Waals surface area contributed by atoms with E-state index in [4.69, 9.17) is 5.11 Å². The fraction of sp³-hybridized carbons (Fsp3) is 0.700. The summed E-state index contributed by atoms with van der Waals surface area (Å²) in [6.07, 6.45) is 0.373. The van der Waals surface area contributed by atoms with Crippen molar-refractivity contribution < 1.29 is 19.5 Å². The Morgan fingerprint density at radius 2 is 1.81 bits per heavy atom. The van der Waals surface area contributed by atoms with Gasteiger partial charge in [-0.25, -0.2) is 0 Å². The number of aliphatic carboxylic acids is 1. The van der Waals surface area contributed by atoms with Crippen LogP contribution in [0.15, 0.2) is 0 Å². The van der Waals surface area contributed by atoms with Crippen molar-refractivity contribution in [2.75, 3.05) is 13.6 Å². The van der Waals surface area contributed by atoms with Gasteiger partial charge in [0.2, 0.25) is 11.8 Å². The van der Waals surface area contributed by atoms with Gasteiger partial charge in [-0.2, -0.15) is 0 Å². The van der Waals surface area contributed by atoms with Crippen LogP contribution in [0.1, 0.15) is 26.2 Å². The van der Waals surface area contributed by atoms with Crippen molar-refractivity contribution >= 4 is 17.8 Å². The first-order valence-corrected chi connectivity index (χ1v) is 5.14. The number of carbonyl (C=O) groups excluding carboxylic acids is 2. The van der Waals surface area contributed by atoms with Crippen molar-refractivity contribution in [1.29, 1.82) is 0 Å². The molecule has 92 valence electrons. The lowest BCUT2D eigenvalue weighted by Crippen LogP contribution is -2.30. The summed E-state index contributed by atoms with van der Waals surface area (Å²) in [7, 11) is 1.53. The van der Waals surface area contributed by atoms with Crippen LogP contribution in [0.3, 0.4) is 0 Å². The molecule has 0 bridgehead atoms. The molecule has 3 N–H and O–H groups in total. The quantitative estimate of drug-likeness (QED) is 0.561. The molecule has 0 heterocycles. The van der Waals surface area contributed by atoms with Crippen LogP contribution in [0.4, 0.5) is 0 Å². The van der Waals surface area contributed by atoms with Crippen LogP contribution in [0, 0.1) is 5.92 Å². The second-order valence-electron chi connectivity index (χ2n) is 3.68. The lowest BCUT2D eigenvalue weighted by molar-refractivity contribution is -0.138. The first kappa shape index (κ1) is 14.4. The molecule has 0 saturated carbocycles. The predicted molar refractivity (Wildman–Crippen MR) is 57.7 cm³/mol. The molecule has 0 aliphatic rings. The fourth-order valence-corrected chi connectivity index (χ4v) is 1.20. The number of hydrogen-bond acceptors (Lipinski definition) is 3. The first-order chi connectivity index (χ1) is 7.45. The maximum atomic E-state index is 11.3. The predicted octanol–water partition coefficient (Wildman–Crippen LogP) is -0.260. The minimum atomic E-state index is -0.911. The van der Waals surface area contributed by atoms with Gasteiger partial charge in [-0.05, 0) is 5.92 Å². The summed E-state index contributed by atoms with van der Waals surface area (Å²) in [5, 5.41) is 13.5. The molecule has 0 aliphatic heterocycles. The Balaban J connectivity index is 3.66. The summed E-state index contributed by atoms with van der Waals surface area (Å²) in [4.78, 5) is 32.4. The van der Waals surface area contributed by atoms with Gasteiger partial charge in [0, 0.05) is 32.9 Å². The third-order valence-corrected chi connectivity index (χ3v) is 2.01. The minimum Gasteiger partial charge on any atom is -0.481 e. The molecule has 0 saturated heterocycles. The third kappa shape index (κ3) is 7.78. The summed E-state index contributed by atoms with van der Waals surface area (Å²) in [6.45, 7) is 1.98. The Morgan fingerprint density at radius 3 is 2.31 bits per heavy atom. The molecule has 2 amide bonds. The first-order valence-electron chi connectivity index (χ1n) is 5.14. The molecular formula is C10H18N2O4. The summed E-state index contributed by atoms with van der Waals surface area (Å²) >= 11 is 0. The van der Waals surface area contributed by atoms with E-state index >= 15 is 0 Å². The van der Waals surface area contributed by atoms with Gasteiger partial charge in [0.25, 0.3) is 0 Å². The smallest absolute Gasteiger partial charge is 0.303 e. The molecule has 1 atom stereocenters. The van der Waals surface area contributed by atoms with Gasteiger partial charge in [-0.1, -0.05) is 6.92 Å². The summed E-state index contributed by atoms with van der Waals surface area (Å²) in [5.74, 6) is -1.47. The van der Waals surface area contributed by atoms with Gasteiger partial charge in [0.1, 0.15) is 0 Å². The summed E-state index contributed by atoms with van der Waals surface area (Å²) in [6, 6.07) is 0. The van der Waals surface area contributed by atoms with Gasteiger partial charge in [-0.15, -0.1) is 0 Å². The molecule has 1 unspecified atom stereocenters. The average molecular weight is 230 g/mol. The molecule has 6 nitrogen and oxygen atoms in total. The standard InChI is InChI=1S/C10H18N2O4/c1-7(6-10(15)16)5-9(14)12-4-3-8(13)11-2/h7H,3-6H2,1-2H3,(H,11,13)(H,12,14)(H,15,16).